The minimum Gasteiger partial charge on any atom is -0.335 e. The maximum Gasteiger partial charge on any atom is 0.274 e. The molecule has 0 unspecified atom stereocenters. The lowest BCUT2D eigenvalue weighted by molar-refractivity contribution is 0.0637. The lowest BCUT2D eigenvalue weighted by atomic mass is 10.2. The summed E-state index contributed by atoms with van der Waals surface area (Å²) in [6, 6.07) is 10.2. The summed E-state index contributed by atoms with van der Waals surface area (Å²) in [5, 5.41) is 3.43. The molecule has 2 aromatic rings. The van der Waals surface area contributed by atoms with Crippen LogP contribution in [0.25, 0.3) is 0 Å². The lowest BCUT2D eigenvalue weighted by Gasteiger charge is -2.33. The van der Waals surface area contributed by atoms with E-state index in [2.05, 4.69) is 22.1 Å². The molecule has 1 N–H and O–H groups in total. The second-order valence-electron chi connectivity index (χ2n) is 6.55. The first kappa shape index (κ1) is 19.3. The van der Waals surface area contributed by atoms with Gasteiger partial charge in [-0.25, -0.2) is 4.98 Å². The van der Waals surface area contributed by atoms with Crippen LogP contribution in [0, 0.1) is 6.92 Å². The molecule has 1 aromatic heterocycles. The Balaban J connectivity index is 1.71. The van der Waals surface area contributed by atoms with Gasteiger partial charge in [-0.15, -0.1) is 0 Å². The SMILES string of the molecule is CCN1CCN(C(=O)c2cccc(C(=O)Nc3ccc(Cl)cc3C)n2)CC1. The molecule has 27 heavy (non-hydrogen) atoms. The van der Waals surface area contributed by atoms with E-state index in [1.807, 2.05) is 6.92 Å². The molecule has 7 heteroatoms. The molecule has 1 aliphatic heterocycles. The van der Waals surface area contributed by atoms with Crippen molar-refractivity contribution >= 4 is 29.1 Å². The van der Waals surface area contributed by atoms with Crippen LogP contribution >= 0.6 is 11.6 Å². The summed E-state index contributed by atoms with van der Waals surface area (Å²) < 4.78 is 0. The fourth-order valence-corrected chi connectivity index (χ4v) is 3.29. The number of amides is 2. The van der Waals surface area contributed by atoms with E-state index < -0.39 is 0 Å². The third-order valence-electron chi connectivity index (χ3n) is 4.74. The lowest BCUT2D eigenvalue weighted by Crippen LogP contribution is -2.48. The van der Waals surface area contributed by atoms with Gasteiger partial charge in [-0.2, -0.15) is 0 Å². The Kier molecular flexibility index (Phi) is 6.08. The molecule has 3 rings (SSSR count). The Morgan fingerprint density at radius 3 is 2.48 bits per heavy atom. The van der Waals surface area contributed by atoms with Crippen LogP contribution in [0.15, 0.2) is 36.4 Å². The van der Waals surface area contributed by atoms with E-state index in [0.29, 0.717) is 29.5 Å². The highest BCUT2D eigenvalue weighted by atomic mass is 35.5. The number of halogens is 1. The average molecular weight is 387 g/mol. The van der Waals surface area contributed by atoms with Gasteiger partial charge in [-0.3, -0.25) is 9.59 Å². The van der Waals surface area contributed by atoms with Crippen molar-refractivity contribution in [2.24, 2.45) is 0 Å². The number of hydrogen-bond donors (Lipinski definition) is 1. The summed E-state index contributed by atoms with van der Waals surface area (Å²) >= 11 is 5.95. The monoisotopic (exact) mass is 386 g/mol. The fourth-order valence-electron chi connectivity index (χ4n) is 3.06. The maximum atomic E-state index is 12.7. The number of carbonyl (C=O) groups is 2. The first-order valence-corrected chi connectivity index (χ1v) is 9.42. The van der Waals surface area contributed by atoms with Crippen LogP contribution in [0.2, 0.25) is 5.02 Å². The first-order chi connectivity index (χ1) is 13.0. The Bertz CT molecular complexity index is 848. The highest BCUT2D eigenvalue weighted by Crippen LogP contribution is 2.20. The van der Waals surface area contributed by atoms with Gasteiger partial charge in [0.15, 0.2) is 0 Å². The van der Waals surface area contributed by atoms with E-state index in [0.717, 1.165) is 25.2 Å². The molecule has 0 radical (unpaired) electrons. The number of likely N-dealkylation sites (N-methyl/N-ethyl adjacent to an activating group) is 1. The summed E-state index contributed by atoms with van der Waals surface area (Å²) in [7, 11) is 0. The molecular formula is C20H23ClN4O2. The van der Waals surface area contributed by atoms with E-state index in [1.165, 1.54) is 0 Å². The summed E-state index contributed by atoms with van der Waals surface area (Å²) in [5.41, 5.74) is 2.03. The van der Waals surface area contributed by atoms with Gasteiger partial charge in [-0.05, 0) is 49.4 Å². The predicted octanol–water partition coefficient (Wildman–Crippen LogP) is 3.07. The number of nitrogens with one attached hydrogen (secondary N) is 1. The van der Waals surface area contributed by atoms with Gasteiger partial charge in [0.1, 0.15) is 11.4 Å². The molecule has 1 aromatic carbocycles. The highest BCUT2D eigenvalue weighted by molar-refractivity contribution is 6.30. The maximum absolute atomic E-state index is 12.7. The van der Waals surface area contributed by atoms with Gasteiger partial charge in [0.25, 0.3) is 11.8 Å². The number of piperazine rings is 1. The van der Waals surface area contributed by atoms with Gasteiger partial charge in [0.2, 0.25) is 0 Å². The molecule has 1 aliphatic rings. The zero-order valence-electron chi connectivity index (χ0n) is 15.5. The van der Waals surface area contributed by atoms with Crippen molar-refractivity contribution in [1.29, 1.82) is 0 Å². The van der Waals surface area contributed by atoms with Crippen LogP contribution in [-0.2, 0) is 0 Å². The number of aromatic nitrogens is 1. The largest absolute Gasteiger partial charge is 0.335 e. The van der Waals surface area contributed by atoms with E-state index in [4.69, 9.17) is 11.6 Å². The van der Waals surface area contributed by atoms with Crippen molar-refractivity contribution in [2.75, 3.05) is 38.0 Å². The van der Waals surface area contributed by atoms with Gasteiger partial charge in [0, 0.05) is 36.9 Å². The molecule has 2 amide bonds. The second-order valence-corrected chi connectivity index (χ2v) is 6.98. The van der Waals surface area contributed by atoms with E-state index >= 15 is 0 Å². The molecule has 142 valence electrons. The Hall–Kier alpha value is -2.44. The Morgan fingerprint density at radius 1 is 1.11 bits per heavy atom. The molecular weight excluding hydrogens is 364 g/mol. The van der Waals surface area contributed by atoms with Crippen molar-refractivity contribution < 1.29 is 9.59 Å². The number of hydrogen-bond acceptors (Lipinski definition) is 4. The molecule has 0 saturated carbocycles. The highest BCUT2D eigenvalue weighted by Gasteiger charge is 2.23. The van der Waals surface area contributed by atoms with E-state index in [1.54, 1.807) is 41.3 Å². The van der Waals surface area contributed by atoms with Crippen LogP contribution in [0.4, 0.5) is 5.69 Å². The van der Waals surface area contributed by atoms with Gasteiger partial charge in [-0.1, -0.05) is 24.6 Å². The summed E-state index contributed by atoms with van der Waals surface area (Å²) in [5.74, 6) is -0.492. The smallest absolute Gasteiger partial charge is 0.274 e. The third kappa shape index (κ3) is 4.64. The Labute approximate surface area is 164 Å². The van der Waals surface area contributed by atoms with Gasteiger partial charge < -0.3 is 15.1 Å². The van der Waals surface area contributed by atoms with Crippen LogP contribution in [0.3, 0.4) is 0 Å². The van der Waals surface area contributed by atoms with E-state index in [9.17, 15) is 9.59 Å². The molecule has 1 fully saturated rings. The number of carbonyl (C=O) groups excluding carboxylic acids is 2. The number of benzene rings is 1. The number of anilines is 1. The van der Waals surface area contributed by atoms with Crippen LogP contribution < -0.4 is 5.32 Å². The van der Waals surface area contributed by atoms with Crippen molar-refractivity contribution in [2.45, 2.75) is 13.8 Å². The number of pyridine rings is 1. The summed E-state index contributed by atoms with van der Waals surface area (Å²) in [4.78, 5) is 33.6. The van der Waals surface area contributed by atoms with Crippen LogP contribution in [-0.4, -0.2) is 59.3 Å². The molecule has 0 spiro atoms. The predicted molar refractivity (Wildman–Crippen MR) is 106 cm³/mol. The van der Waals surface area contributed by atoms with E-state index in [-0.39, 0.29) is 17.5 Å². The number of aryl methyl sites for hydroxylation is 1. The fraction of sp³-hybridized carbons (Fsp3) is 0.350. The molecule has 0 aliphatic carbocycles. The number of nitrogens with zero attached hydrogens (tertiary/aromatic N) is 3. The Morgan fingerprint density at radius 2 is 1.81 bits per heavy atom. The van der Waals surface area contributed by atoms with Crippen LogP contribution in [0.5, 0.6) is 0 Å². The molecule has 1 saturated heterocycles. The summed E-state index contributed by atoms with van der Waals surface area (Å²) in [6.45, 7) is 8.04. The zero-order valence-corrected chi connectivity index (χ0v) is 16.3. The van der Waals surface area contributed by atoms with Gasteiger partial charge in [0.05, 0.1) is 0 Å². The van der Waals surface area contributed by atoms with Crippen molar-refractivity contribution in [3.8, 4) is 0 Å². The van der Waals surface area contributed by atoms with Crippen molar-refractivity contribution in [1.82, 2.24) is 14.8 Å². The van der Waals surface area contributed by atoms with Crippen molar-refractivity contribution in [3.63, 3.8) is 0 Å². The normalized spacial score (nSPS) is 14.9. The third-order valence-corrected chi connectivity index (χ3v) is 4.98. The number of rotatable bonds is 4. The van der Waals surface area contributed by atoms with Crippen molar-refractivity contribution in [3.05, 3.63) is 58.4 Å². The molecule has 2 heterocycles. The topological polar surface area (TPSA) is 65.5 Å². The minimum atomic E-state index is -0.356. The van der Waals surface area contributed by atoms with Gasteiger partial charge >= 0.3 is 0 Å². The minimum absolute atomic E-state index is 0.136. The van der Waals surface area contributed by atoms with Crippen LogP contribution in [0.1, 0.15) is 33.5 Å². The molecule has 6 nitrogen and oxygen atoms in total. The first-order valence-electron chi connectivity index (χ1n) is 9.04. The summed E-state index contributed by atoms with van der Waals surface area (Å²) in [6.07, 6.45) is 0. The second kappa shape index (κ2) is 8.50. The zero-order chi connectivity index (χ0) is 19.4. The molecule has 0 atom stereocenters. The standard InChI is InChI=1S/C20H23ClN4O2/c1-3-24-9-11-25(12-10-24)20(27)18-6-4-5-17(22-18)19(26)23-16-8-7-15(21)13-14(16)2/h4-8,13H,3,9-12H2,1-2H3,(H,23,26). The average Bonchev–Trinajstić information content (AvgIpc) is 2.69. The quantitative estimate of drug-likeness (QED) is 0.877. The molecule has 0 bridgehead atoms.